The van der Waals surface area contributed by atoms with Gasteiger partial charge in [-0.25, -0.2) is 14.2 Å². The summed E-state index contributed by atoms with van der Waals surface area (Å²) in [6.07, 6.45) is 0. The van der Waals surface area contributed by atoms with E-state index in [0.29, 0.717) is 11.0 Å². The van der Waals surface area contributed by atoms with Crippen molar-refractivity contribution < 1.29 is 37.6 Å². The number of quaternary nitrogens is 1. The van der Waals surface area contributed by atoms with Crippen molar-refractivity contribution in [2.75, 3.05) is 47.5 Å². The van der Waals surface area contributed by atoms with E-state index in [0.717, 1.165) is 0 Å². The lowest BCUT2D eigenvalue weighted by Gasteiger charge is -2.23. The lowest BCUT2D eigenvalue weighted by atomic mass is 10.4. The van der Waals surface area contributed by atoms with Crippen molar-refractivity contribution in [3.8, 4) is 0 Å². The second kappa shape index (κ2) is 8.51. The average Bonchev–Trinajstić information content (AvgIpc) is 2.29. The van der Waals surface area contributed by atoms with E-state index in [4.69, 9.17) is 0 Å². The molecule has 0 saturated heterocycles. The number of phosphoric ester groups is 1. The third-order valence-corrected chi connectivity index (χ3v) is 2.71. The molecular formula is C11H23NO7P+. The van der Waals surface area contributed by atoms with Gasteiger partial charge < -0.3 is 14.1 Å². The van der Waals surface area contributed by atoms with E-state index in [-0.39, 0.29) is 25.4 Å². The van der Waals surface area contributed by atoms with Crippen LogP contribution in [0.1, 0.15) is 6.92 Å². The average molecular weight is 312 g/mol. The highest BCUT2D eigenvalue weighted by Gasteiger charge is 2.23. The van der Waals surface area contributed by atoms with Crippen LogP contribution >= 0.6 is 7.82 Å². The van der Waals surface area contributed by atoms with Gasteiger partial charge in [-0.3, -0.25) is 4.52 Å². The van der Waals surface area contributed by atoms with Gasteiger partial charge in [0, 0.05) is 5.57 Å². The van der Waals surface area contributed by atoms with Crippen molar-refractivity contribution in [3.05, 3.63) is 12.2 Å². The maximum atomic E-state index is 11.3. The Bertz CT molecular complexity index is 377. The minimum absolute atomic E-state index is 0.141. The largest absolute Gasteiger partial charge is 0.499 e. The van der Waals surface area contributed by atoms with Gasteiger partial charge in [0.05, 0.1) is 27.7 Å². The van der Waals surface area contributed by atoms with Crippen LogP contribution in [-0.2, 0) is 28.2 Å². The van der Waals surface area contributed by atoms with Gasteiger partial charge >= 0.3 is 13.8 Å². The van der Waals surface area contributed by atoms with Crippen LogP contribution in [0, 0.1) is 0 Å². The van der Waals surface area contributed by atoms with Crippen LogP contribution in [0.25, 0.3) is 0 Å². The Labute approximate surface area is 119 Å². The lowest BCUT2D eigenvalue weighted by Crippen LogP contribution is -2.37. The first-order chi connectivity index (χ1) is 9.03. The molecule has 0 amide bonds. The highest BCUT2D eigenvalue weighted by atomic mass is 31.2. The molecular weight excluding hydrogens is 289 g/mol. The number of phosphoric acid groups is 1. The molecule has 0 spiro atoms. The smallest absolute Gasteiger partial charge is 0.460 e. The molecule has 20 heavy (non-hydrogen) atoms. The van der Waals surface area contributed by atoms with Crippen LogP contribution < -0.4 is 0 Å². The van der Waals surface area contributed by atoms with Gasteiger partial charge in [-0.15, -0.1) is 4.67 Å². The fraction of sp³-hybridized carbons (Fsp3) is 0.727. The molecule has 1 atom stereocenters. The predicted octanol–water partition coefficient (Wildman–Crippen LogP) is 0.877. The molecule has 0 aliphatic carbocycles. The SMILES string of the molecule is C=C(C)C(=O)OCCOP(=O)(O)OOCC[N+](C)(C)C. The van der Waals surface area contributed by atoms with E-state index < -0.39 is 13.8 Å². The van der Waals surface area contributed by atoms with E-state index in [2.05, 4.69) is 25.4 Å². The molecule has 118 valence electrons. The third-order valence-electron chi connectivity index (χ3n) is 1.91. The van der Waals surface area contributed by atoms with Crippen LogP contribution in [0.4, 0.5) is 0 Å². The summed E-state index contributed by atoms with van der Waals surface area (Å²) in [5.74, 6) is -0.596. The number of ether oxygens (including phenoxy) is 1. The Morgan fingerprint density at radius 1 is 1.25 bits per heavy atom. The number of likely N-dealkylation sites (N-methyl/N-ethyl adjacent to an activating group) is 1. The zero-order valence-electron chi connectivity index (χ0n) is 12.3. The van der Waals surface area contributed by atoms with Crippen molar-refractivity contribution in [2.24, 2.45) is 0 Å². The minimum atomic E-state index is -4.30. The van der Waals surface area contributed by atoms with Gasteiger partial charge in [-0.2, -0.15) is 0 Å². The van der Waals surface area contributed by atoms with Crippen LogP contribution in [-0.4, -0.2) is 62.9 Å². The number of hydrogen-bond donors (Lipinski definition) is 1. The molecule has 9 heteroatoms. The van der Waals surface area contributed by atoms with Crippen molar-refractivity contribution in [2.45, 2.75) is 6.92 Å². The van der Waals surface area contributed by atoms with E-state index in [1.807, 2.05) is 21.1 Å². The van der Waals surface area contributed by atoms with Crippen LogP contribution in [0.2, 0.25) is 0 Å². The molecule has 0 aromatic heterocycles. The summed E-state index contributed by atoms with van der Waals surface area (Å²) in [6.45, 7) is 5.14. The van der Waals surface area contributed by atoms with Crippen molar-refractivity contribution in [1.82, 2.24) is 0 Å². The molecule has 0 aromatic rings. The summed E-state index contributed by atoms with van der Waals surface area (Å²) < 4.78 is 25.5. The second-order valence-electron chi connectivity index (χ2n) is 5.13. The molecule has 0 saturated carbocycles. The van der Waals surface area contributed by atoms with Gasteiger partial charge in [-0.1, -0.05) is 6.58 Å². The first-order valence-corrected chi connectivity index (χ1v) is 7.45. The zero-order chi connectivity index (χ0) is 15.8. The third kappa shape index (κ3) is 11.1. The standard InChI is InChI=1S/C11H22NO7P/c1-10(2)11(13)16-8-9-18-20(14,15)19-17-7-6-12(3,4)5/h1,6-9H2,2-5H3/p+1. The Kier molecular flexibility index (Phi) is 8.19. The van der Waals surface area contributed by atoms with Gasteiger partial charge in [0.2, 0.25) is 0 Å². The number of carbonyl (C=O) groups is 1. The normalized spacial score (nSPS) is 14.7. The Hall–Kier alpha value is -0.760. The molecule has 0 bridgehead atoms. The van der Waals surface area contributed by atoms with E-state index >= 15 is 0 Å². The Morgan fingerprint density at radius 3 is 2.35 bits per heavy atom. The highest BCUT2D eigenvalue weighted by molar-refractivity contribution is 7.47. The van der Waals surface area contributed by atoms with Crippen LogP contribution in [0.3, 0.4) is 0 Å². The Balaban J connectivity index is 3.77. The molecule has 0 radical (unpaired) electrons. The molecule has 0 aromatic carbocycles. The molecule has 0 heterocycles. The number of hydrogen-bond acceptors (Lipinski definition) is 6. The van der Waals surface area contributed by atoms with Crippen molar-refractivity contribution >= 4 is 13.8 Å². The number of nitrogens with zero attached hydrogens (tertiary/aromatic N) is 1. The maximum Gasteiger partial charge on any atom is 0.499 e. The monoisotopic (exact) mass is 312 g/mol. The van der Waals surface area contributed by atoms with Crippen molar-refractivity contribution in [3.63, 3.8) is 0 Å². The fourth-order valence-electron chi connectivity index (χ4n) is 0.847. The van der Waals surface area contributed by atoms with E-state index in [1.165, 1.54) is 6.92 Å². The molecule has 1 unspecified atom stereocenters. The molecule has 0 rings (SSSR count). The fourth-order valence-corrected chi connectivity index (χ4v) is 1.40. The van der Waals surface area contributed by atoms with Gasteiger partial charge in [0.25, 0.3) is 0 Å². The summed E-state index contributed by atoms with van der Waals surface area (Å²) >= 11 is 0. The summed E-state index contributed by atoms with van der Waals surface area (Å²) in [4.78, 5) is 24.9. The molecule has 0 aliphatic heterocycles. The molecule has 1 N–H and O–H groups in total. The highest BCUT2D eigenvalue weighted by Crippen LogP contribution is 2.43. The Morgan fingerprint density at radius 2 is 1.85 bits per heavy atom. The molecule has 8 nitrogen and oxygen atoms in total. The quantitative estimate of drug-likeness (QED) is 0.122. The maximum absolute atomic E-state index is 11.3. The van der Waals surface area contributed by atoms with Crippen molar-refractivity contribution in [1.29, 1.82) is 0 Å². The van der Waals surface area contributed by atoms with Crippen LogP contribution in [0.5, 0.6) is 0 Å². The zero-order valence-corrected chi connectivity index (χ0v) is 13.2. The van der Waals surface area contributed by atoms with Crippen LogP contribution in [0.15, 0.2) is 12.2 Å². The second-order valence-corrected chi connectivity index (χ2v) is 6.47. The summed E-state index contributed by atoms with van der Waals surface area (Å²) in [7, 11) is 1.52. The lowest BCUT2D eigenvalue weighted by molar-refractivity contribution is -0.871. The van der Waals surface area contributed by atoms with Gasteiger partial charge in [-0.05, 0) is 6.92 Å². The van der Waals surface area contributed by atoms with Gasteiger partial charge in [0.15, 0.2) is 0 Å². The first-order valence-electron chi connectivity index (χ1n) is 5.95. The van der Waals surface area contributed by atoms with Gasteiger partial charge in [0.1, 0.15) is 19.8 Å². The summed E-state index contributed by atoms with van der Waals surface area (Å²) in [5, 5.41) is 0. The number of esters is 1. The molecule has 0 fully saturated rings. The minimum Gasteiger partial charge on any atom is -0.460 e. The topological polar surface area (TPSA) is 91.3 Å². The van der Waals surface area contributed by atoms with E-state index in [1.54, 1.807) is 0 Å². The predicted molar refractivity (Wildman–Crippen MR) is 71.5 cm³/mol. The molecule has 0 aliphatic rings. The number of carbonyl (C=O) groups excluding carboxylic acids is 1. The van der Waals surface area contributed by atoms with E-state index in [9.17, 15) is 14.3 Å². The summed E-state index contributed by atoms with van der Waals surface area (Å²) in [6, 6.07) is 0. The first kappa shape index (κ1) is 19.2. The number of rotatable bonds is 10. The summed E-state index contributed by atoms with van der Waals surface area (Å²) in [5.41, 5.74) is 0.233.